The van der Waals surface area contributed by atoms with Gasteiger partial charge in [-0.05, 0) is 25.0 Å². The molecule has 0 aliphatic carbocycles. The second-order valence-corrected chi connectivity index (χ2v) is 3.14. The minimum Gasteiger partial charge on any atom is -0.491 e. The number of para-hydroxylation sites is 1. The van der Waals surface area contributed by atoms with Gasteiger partial charge in [0.15, 0.2) is 0 Å². The Bertz CT molecular complexity index is 339. The maximum absolute atomic E-state index is 5.83. The average molecular weight is 189 g/mol. The molecule has 0 aromatic heterocycles. The van der Waals surface area contributed by atoms with E-state index in [9.17, 15) is 0 Å². The molecule has 0 radical (unpaired) electrons. The van der Waals surface area contributed by atoms with Crippen LogP contribution in [0, 0.1) is 19.3 Å². The molecule has 0 atom stereocenters. The van der Waals surface area contributed by atoms with E-state index in [0.717, 1.165) is 24.2 Å². The third kappa shape index (κ3) is 2.70. The van der Waals surface area contributed by atoms with Crippen LogP contribution in [0.3, 0.4) is 0 Å². The van der Waals surface area contributed by atoms with Crippen LogP contribution in [0.5, 0.6) is 5.75 Å². The first-order chi connectivity index (χ1) is 6.75. The molecule has 0 unspecified atom stereocenters. The Hall–Kier alpha value is -1.62. The number of aryl methyl sites for hydroxylation is 1. The van der Waals surface area contributed by atoms with Crippen molar-refractivity contribution in [1.82, 2.24) is 0 Å². The summed E-state index contributed by atoms with van der Waals surface area (Å²) in [5.74, 6) is 3.32. The SMILES string of the molecule is C#CCCCOc1cccc(C)c1N. The summed E-state index contributed by atoms with van der Waals surface area (Å²) in [5.41, 5.74) is 7.59. The van der Waals surface area contributed by atoms with E-state index in [0.29, 0.717) is 12.3 Å². The van der Waals surface area contributed by atoms with E-state index in [-0.39, 0.29) is 0 Å². The molecule has 2 N–H and O–H groups in total. The van der Waals surface area contributed by atoms with Gasteiger partial charge in [0, 0.05) is 6.42 Å². The molecule has 0 fully saturated rings. The van der Waals surface area contributed by atoms with Crippen molar-refractivity contribution in [2.24, 2.45) is 0 Å². The minimum atomic E-state index is 0.623. The van der Waals surface area contributed by atoms with Gasteiger partial charge in [0.1, 0.15) is 5.75 Å². The first kappa shape index (κ1) is 10.5. The summed E-state index contributed by atoms with van der Waals surface area (Å²) < 4.78 is 5.50. The number of rotatable bonds is 4. The number of unbranched alkanes of at least 4 members (excludes halogenated alkanes) is 1. The van der Waals surface area contributed by atoms with Gasteiger partial charge in [-0.1, -0.05) is 12.1 Å². The lowest BCUT2D eigenvalue weighted by atomic mass is 10.2. The third-order valence-electron chi connectivity index (χ3n) is 2.01. The van der Waals surface area contributed by atoms with Crippen LogP contribution >= 0.6 is 0 Å². The molecule has 1 aromatic carbocycles. The van der Waals surface area contributed by atoms with Crippen molar-refractivity contribution in [3.8, 4) is 18.1 Å². The topological polar surface area (TPSA) is 35.2 Å². The first-order valence-corrected chi connectivity index (χ1v) is 4.67. The molecular formula is C12H15NO. The largest absolute Gasteiger partial charge is 0.491 e. The number of hydrogen-bond donors (Lipinski definition) is 1. The van der Waals surface area contributed by atoms with Crippen LogP contribution in [0.4, 0.5) is 5.69 Å². The predicted octanol–water partition coefficient (Wildman–Crippen LogP) is 2.37. The van der Waals surface area contributed by atoms with Crippen molar-refractivity contribution in [3.05, 3.63) is 23.8 Å². The van der Waals surface area contributed by atoms with Gasteiger partial charge in [0.05, 0.1) is 12.3 Å². The van der Waals surface area contributed by atoms with E-state index in [1.807, 2.05) is 25.1 Å². The van der Waals surface area contributed by atoms with E-state index in [1.54, 1.807) is 0 Å². The zero-order valence-corrected chi connectivity index (χ0v) is 8.42. The van der Waals surface area contributed by atoms with Gasteiger partial charge in [-0.25, -0.2) is 0 Å². The number of hydrogen-bond acceptors (Lipinski definition) is 2. The summed E-state index contributed by atoms with van der Waals surface area (Å²) in [5, 5.41) is 0. The molecule has 14 heavy (non-hydrogen) atoms. The Morgan fingerprint density at radius 1 is 1.50 bits per heavy atom. The summed E-state index contributed by atoms with van der Waals surface area (Å²) >= 11 is 0. The van der Waals surface area contributed by atoms with Crippen molar-refractivity contribution in [2.45, 2.75) is 19.8 Å². The Labute approximate surface area is 85.1 Å². The molecule has 0 amide bonds. The molecule has 1 aromatic rings. The highest BCUT2D eigenvalue weighted by atomic mass is 16.5. The van der Waals surface area contributed by atoms with E-state index >= 15 is 0 Å². The van der Waals surface area contributed by atoms with Crippen LogP contribution in [0.2, 0.25) is 0 Å². The summed E-state index contributed by atoms with van der Waals surface area (Å²) in [4.78, 5) is 0. The highest BCUT2D eigenvalue weighted by molar-refractivity contribution is 5.57. The molecule has 1 rings (SSSR count). The summed E-state index contributed by atoms with van der Waals surface area (Å²) in [6, 6.07) is 5.77. The fourth-order valence-corrected chi connectivity index (χ4v) is 1.14. The standard InChI is InChI=1S/C12H15NO/c1-3-4-5-9-14-11-8-6-7-10(2)12(11)13/h1,6-8H,4-5,9,13H2,2H3. The van der Waals surface area contributed by atoms with Crippen LogP contribution in [0.15, 0.2) is 18.2 Å². The summed E-state index contributed by atoms with van der Waals surface area (Å²) in [6.45, 7) is 2.58. The van der Waals surface area contributed by atoms with Crippen molar-refractivity contribution >= 4 is 5.69 Å². The molecule has 74 valence electrons. The first-order valence-electron chi connectivity index (χ1n) is 4.67. The fraction of sp³-hybridized carbons (Fsp3) is 0.333. The molecule has 2 heteroatoms. The lowest BCUT2D eigenvalue weighted by Crippen LogP contribution is -2.01. The maximum atomic E-state index is 5.83. The van der Waals surface area contributed by atoms with Gasteiger partial charge >= 0.3 is 0 Å². The number of nitrogens with two attached hydrogens (primary N) is 1. The Balaban J connectivity index is 2.51. The van der Waals surface area contributed by atoms with Crippen molar-refractivity contribution in [1.29, 1.82) is 0 Å². The smallest absolute Gasteiger partial charge is 0.142 e. The van der Waals surface area contributed by atoms with Gasteiger partial charge in [0.2, 0.25) is 0 Å². The Morgan fingerprint density at radius 3 is 3.00 bits per heavy atom. The van der Waals surface area contributed by atoms with E-state index < -0.39 is 0 Å². The second-order valence-electron chi connectivity index (χ2n) is 3.14. The van der Waals surface area contributed by atoms with Gasteiger partial charge in [-0.15, -0.1) is 12.3 Å². The summed E-state index contributed by atoms with van der Waals surface area (Å²) in [6.07, 6.45) is 6.74. The minimum absolute atomic E-state index is 0.623. The molecule has 0 aliphatic heterocycles. The molecular weight excluding hydrogens is 174 g/mol. The van der Waals surface area contributed by atoms with Crippen LogP contribution in [-0.2, 0) is 0 Å². The Morgan fingerprint density at radius 2 is 2.29 bits per heavy atom. The molecule has 0 saturated heterocycles. The third-order valence-corrected chi connectivity index (χ3v) is 2.01. The monoisotopic (exact) mass is 189 g/mol. The van der Waals surface area contributed by atoms with Crippen LogP contribution < -0.4 is 10.5 Å². The zero-order valence-electron chi connectivity index (χ0n) is 8.42. The lowest BCUT2D eigenvalue weighted by molar-refractivity contribution is 0.314. The fourth-order valence-electron chi connectivity index (χ4n) is 1.14. The molecule has 0 spiro atoms. The van der Waals surface area contributed by atoms with E-state index in [2.05, 4.69) is 5.92 Å². The van der Waals surface area contributed by atoms with Crippen molar-refractivity contribution in [3.63, 3.8) is 0 Å². The molecule has 0 bridgehead atoms. The number of anilines is 1. The van der Waals surface area contributed by atoms with Crippen molar-refractivity contribution < 1.29 is 4.74 Å². The zero-order chi connectivity index (χ0) is 10.4. The lowest BCUT2D eigenvalue weighted by Gasteiger charge is -2.09. The quantitative estimate of drug-likeness (QED) is 0.448. The normalized spacial score (nSPS) is 9.43. The molecule has 0 saturated carbocycles. The maximum Gasteiger partial charge on any atom is 0.142 e. The van der Waals surface area contributed by atoms with Gasteiger partial charge < -0.3 is 10.5 Å². The van der Waals surface area contributed by atoms with Gasteiger partial charge in [0.25, 0.3) is 0 Å². The highest BCUT2D eigenvalue weighted by Crippen LogP contribution is 2.24. The highest BCUT2D eigenvalue weighted by Gasteiger charge is 2.01. The summed E-state index contributed by atoms with van der Waals surface area (Å²) in [7, 11) is 0. The van der Waals surface area contributed by atoms with Crippen LogP contribution in [0.25, 0.3) is 0 Å². The van der Waals surface area contributed by atoms with E-state index in [1.165, 1.54) is 0 Å². The predicted molar refractivity (Wildman–Crippen MR) is 59.2 cm³/mol. The molecule has 2 nitrogen and oxygen atoms in total. The molecule has 0 heterocycles. The van der Waals surface area contributed by atoms with E-state index in [4.69, 9.17) is 16.9 Å². The average Bonchev–Trinajstić information content (AvgIpc) is 2.19. The number of benzene rings is 1. The van der Waals surface area contributed by atoms with Crippen LogP contribution in [-0.4, -0.2) is 6.61 Å². The Kier molecular flexibility index (Phi) is 3.87. The van der Waals surface area contributed by atoms with Crippen molar-refractivity contribution in [2.75, 3.05) is 12.3 Å². The number of nitrogen functional groups attached to an aromatic ring is 1. The van der Waals surface area contributed by atoms with Gasteiger partial charge in [-0.3, -0.25) is 0 Å². The second kappa shape index (κ2) is 5.18. The number of terminal acetylenes is 1. The number of ether oxygens (including phenoxy) is 1. The molecule has 0 aliphatic rings. The van der Waals surface area contributed by atoms with Gasteiger partial charge in [-0.2, -0.15) is 0 Å². The van der Waals surface area contributed by atoms with Crippen LogP contribution in [0.1, 0.15) is 18.4 Å².